The Balaban J connectivity index is 3.08. The number of hydrogen-bond acceptors (Lipinski definition) is 2. The molecule has 1 rings (SSSR count). The molecule has 0 fully saturated rings. The highest BCUT2D eigenvalue weighted by Crippen LogP contribution is 2.32. The van der Waals surface area contributed by atoms with Crippen LogP contribution in [0, 0.1) is 6.92 Å². The maximum absolute atomic E-state index is 8.90. The summed E-state index contributed by atoms with van der Waals surface area (Å²) in [7, 11) is 0. The molecule has 6 heteroatoms. The van der Waals surface area contributed by atoms with E-state index in [-0.39, 0.29) is 5.44 Å². The summed E-state index contributed by atoms with van der Waals surface area (Å²) in [5, 5.41) is 6.17. The lowest BCUT2D eigenvalue weighted by atomic mass is 10.5. The van der Waals surface area contributed by atoms with Crippen LogP contribution in [0.4, 0.5) is 0 Å². The molecule has 0 saturated carbocycles. The van der Waals surface area contributed by atoms with Gasteiger partial charge in [0.25, 0.3) is 0 Å². The van der Waals surface area contributed by atoms with Gasteiger partial charge in [0, 0.05) is 5.69 Å². The third-order valence-corrected chi connectivity index (χ3v) is 2.38. The molecule has 0 saturated heterocycles. The van der Waals surface area contributed by atoms with Gasteiger partial charge in [0.15, 0.2) is 0 Å². The van der Waals surface area contributed by atoms with E-state index in [1.54, 1.807) is 6.92 Å². The molecule has 0 aromatic carbocycles. The van der Waals surface area contributed by atoms with E-state index in [2.05, 4.69) is 22.0 Å². The summed E-state index contributed by atoms with van der Waals surface area (Å²) in [5.41, 5.74) is 0.937. The number of aromatic amines is 1. The predicted octanol–water partition coefficient (Wildman–Crippen LogP) is -0.362. The van der Waals surface area contributed by atoms with Gasteiger partial charge in [-0.3, -0.25) is 5.10 Å². The van der Waals surface area contributed by atoms with Crippen LogP contribution >= 0.6 is 6.49 Å². The van der Waals surface area contributed by atoms with Crippen LogP contribution in [0.15, 0.2) is 6.07 Å². The van der Waals surface area contributed by atoms with Crippen molar-refractivity contribution in [2.75, 3.05) is 0 Å². The minimum absolute atomic E-state index is 0.167. The quantitative estimate of drug-likeness (QED) is 0.513. The van der Waals surface area contributed by atoms with Gasteiger partial charge in [0.2, 0.25) is 6.49 Å². The average Bonchev–Trinajstić information content (AvgIpc) is 2.11. The summed E-state index contributed by atoms with van der Waals surface area (Å²) in [4.78, 5) is 17.8. The fraction of sp³-hybridized carbons (Fsp3) is 0.250. The molecule has 10 heavy (non-hydrogen) atoms. The fourth-order valence-corrected chi connectivity index (χ4v) is 1.38. The summed E-state index contributed by atoms with van der Waals surface area (Å²) in [6.07, 6.45) is 0. The Bertz CT molecular complexity index is 279. The van der Waals surface area contributed by atoms with E-state index in [4.69, 9.17) is 9.79 Å². The fourth-order valence-electron chi connectivity index (χ4n) is 0.553. The molecule has 0 radical (unpaired) electrons. The largest absolute Gasteiger partial charge is 0.341 e. The number of aromatic nitrogens is 2. The zero-order valence-corrected chi connectivity index (χ0v) is 6.99. The van der Waals surface area contributed by atoms with E-state index in [1.165, 1.54) is 6.07 Å². The summed E-state index contributed by atoms with van der Waals surface area (Å²) in [5.74, 6) is 0. The van der Waals surface area contributed by atoms with E-state index in [0.29, 0.717) is 0 Å². The molecule has 0 aliphatic rings. The van der Waals surface area contributed by atoms with Crippen molar-refractivity contribution in [3.63, 3.8) is 0 Å². The molecule has 0 bridgehead atoms. The van der Waals surface area contributed by atoms with Crippen molar-refractivity contribution in [1.29, 1.82) is 0 Å². The molecule has 1 aromatic rings. The van der Waals surface area contributed by atoms with Crippen molar-refractivity contribution in [1.82, 2.24) is 10.2 Å². The highest BCUT2D eigenvalue weighted by atomic mass is 32.5. The van der Waals surface area contributed by atoms with Crippen LogP contribution < -0.4 is 5.44 Å². The lowest BCUT2D eigenvalue weighted by molar-refractivity contribution is 0.492. The normalized spacial score (nSPS) is 11.9. The standard InChI is InChI=1S/C4H7N2O2PS/c1-3-2-4(6-5-3)9(7,8)10/h2H,1H3,(H,5,6)(H2,7,8,10). The zero-order chi connectivity index (χ0) is 7.78. The number of H-pyrrole nitrogens is 1. The van der Waals surface area contributed by atoms with Crippen LogP contribution in [0.5, 0.6) is 0 Å². The van der Waals surface area contributed by atoms with Gasteiger partial charge in [-0.05, 0) is 24.8 Å². The molecular weight excluding hydrogens is 171 g/mol. The van der Waals surface area contributed by atoms with Crippen LogP contribution in [-0.2, 0) is 11.8 Å². The first-order valence-electron chi connectivity index (χ1n) is 2.58. The number of nitrogens with zero attached hydrogens (tertiary/aromatic N) is 1. The molecule has 1 aromatic heterocycles. The summed E-state index contributed by atoms with van der Waals surface area (Å²) in [6, 6.07) is 1.53. The lowest BCUT2D eigenvalue weighted by Crippen LogP contribution is -2.03. The molecular formula is C4H7N2O2PS. The van der Waals surface area contributed by atoms with Gasteiger partial charge in [-0.2, -0.15) is 5.10 Å². The van der Waals surface area contributed by atoms with Crippen LogP contribution in [-0.4, -0.2) is 20.0 Å². The number of hydrogen-bond donors (Lipinski definition) is 3. The van der Waals surface area contributed by atoms with Gasteiger partial charge in [-0.25, -0.2) is 0 Å². The first-order chi connectivity index (χ1) is 4.50. The van der Waals surface area contributed by atoms with Crippen molar-refractivity contribution in [2.45, 2.75) is 6.92 Å². The van der Waals surface area contributed by atoms with Crippen molar-refractivity contribution in [3.05, 3.63) is 11.8 Å². The Hall–Kier alpha value is -0.220. The molecule has 0 amide bonds. The van der Waals surface area contributed by atoms with Crippen LogP contribution in [0.25, 0.3) is 0 Å². The SMILES string of the molecule is Cc1cc(P(O)(O)=S)n[nH]1. The Labute approximate surface area is 63.1 Å². The van der Waals surface area contributed by atoms with Crippen molar-refractivity contribution >= 4 is 23.7 Å². The molecule has 3 N–H and O–H groups in total. The second-order valence-electron chi connectivity index (χ2n) is 1.95. The summed E-state index contributed by atoms with van der Waals surface area (Å²) in [6.45, 7) is -1.54. The van der Waals surface area contributed by atoms with Gasteiger partial charge in [0.05, 0.1) is 0 Å². The molecule has 1 heterocycles. The highest BCUT2D eigenvalue weighted by Gasteiger charge is 2.14. The summed E-state index contributed by atoms with van der Waals surface area (Å²) >= 11 is 4.40. The smallest absolute Gasteiger partial charge is 0.234 e. The second kappa shape index (κ2) is 2.43. The first kappa shape index (κ1) is 7.88. The van der Waals surface area contributed by atoms with E-state index in [1.807, 2.05) is 0 Å². The number of nitrogens with one attached hydrogen (secondary N) is 1. The average molecular weight is 178 g/mol. The molecule has 0 aliphatic heterocycles. The maximum atomic E-state index is 8.90. The molecule has 4 nitrogen and oxygen atoms in total. The van der Waals surface area contributed by atoms with E-state index < -0.39 is 6.49 Å². The maximum Gasteiger partial charge on any atom is 0.234 e. The third-order valence-electron chi connectivity index (χ3n) is 0.991. The Kier molecular flexibility index (Phi) is 1.92. The minimum atomic E-state index is -3.31. The van der Waals surface area contributed by atoms with Crippen molar-refractivity contribution < 1.29 is 9.79 Å². The van der Waals surface area contributed by atoms with E-state index in [9.17, 15) is 0 Å². The Morgan fingerprint density at radius 1 is 1.70 bits per heavy atom. The van der Waals surface area contributed by atoms with Crippen molar-refractivity contribution in [2.24, 2.45) is 0 Å². The second-order valence-corrected chi connectivity index (χ2v) is 5.03. The molecule has 0 atom stereocenters. The first-order valence-corrected chi connectivity index (χ1v) is 5.29. The lowest BCUT2D eigenvalue weighted by Gasteiger charge is -1.99. The zero-order valence-electron chi connectivity index (χ0n) is 5.27. The van der Waals surface area contributed by atoms with Gasteiger partial charge in [-0.1, -0.05) is 0 Å². The van der Waals surface area contributed by atoms with Crippen LogP contribution in [0.2, 0.25) is 0 Å². The van der Waals surface area contributed by atoms with Gasteiger partial charge in [-0.15, -0.1) is 0 Å². The van der Waals surface area contributed by atoms with Gasteiger partial charge >= 0.3 is 0 Å². The summed E-state index contributed by atoms with van der Waals surface area (Å²) < 4.78 is 0. The highest BCUT2D eigenvalue weighted by molar-refractivity contribution is 8.12. The number of aryl methyl sites for hydroxylation is 1. The third kappa shape index (κ3) is 1.64. The van der Waals surface area contributed by atoms with Gasteiger partial charge in [0.1, 0.15) is 5.44 Å². The minimum Gasteiger partial charge on any atom is -0.341 e. The monoisotopic (exact) mass is 178 g/mol. The molecule has 0 spiro atoms. The molecule has 0 aliphatic carbocycles. The number of rotatable bonds is 1. The topological polar surface area (TPSA) is 69.1 Å². The van der Waals surface area contributed by atoms with Crippen LogP contribution in [0.1, 0.15) is 5.69 Å². The van der Waals surface area contributed by atoms with Gasteiger partial charge < -0.3 is 9.79 Å². The molecule has 0 unspecified atom stereocenters. The van der Waals surface area contributed by atoms with Crippen LogP contribution in [0.3, 0.4) is 0 Å². The van der Waals surface area contributed by atoms with E-state index in [0.717, 1.165) is 5.69 Å². The molecule has 56 valence electrons. The Morgan fingerprint density at radius 3 is 2.50 bits per heavy atom. The predicted molar refractivity (Wildman–Crippen MR) is 41.7 cm³/mol. The Morgan fingerprint density at radius 2 is 2.30 bits per heavy atom. The van der Waals surface area contributed by atoms with Crippen molar-refractivity contribution in [3.8, 4) is 0 Å². The van der Waals surface area contributed by atoms with E-state index >= 15 is 0 Å².